The van der Waals surface area contributed by atoms with Crippen LogP contribution >= 0.6 is 11.8 Å². The number of fused-ring (bicyclic) bond motifs is 1. The predicted molar refractivity (Wildman–Crippen MR) is 113 cm³/mol. The SMILES string of the molecule is Cn1cc(-c2ccc(-c3cnn4cccc(C5=CCSCC5)c34)cc2)cn1. The molecule has 0 N–H and O–H groups in total. The zero-order valence-corrected chi connectivity index (χ0v) is 16.0. The Kier molecular flexibility index (Phi) is 4.09. The third kappa shape index (κ3) is 2.98. The van der Waals surface area contributed by atoms with E-state index in [1.165, 1.54) is 39.1 Å². The van der Waals surface area contributed by atoms with Gasteiger partial charge in [0.1, 0.15) is 0 Å². The highest BCUT2D eigenvalue weighted by molar-refractivity contribution is 7.99. The molecular formula is C22H20N4S. The third-order valence-electron chi connectivity index (χ3n) is 5.08. The molecule has 1 aliphatic rings. The summed E-state index contributed by atoms with van der Waals surface area (Å²) in [6.07, 6.45) is 11.4. The summed E-state index contributed by atoms with van der Waals surface area (Å²) in [5.41, 5.74) is 8.63. The zero-order chi connectivity index (χ0) is 18.2. The monoisotopic (exact) mass is 372 g/mol. The largest absolute Gasteiger partial charge is 0.275 e. The van der Waals surface area contributed by atoms with Gasteiger partial charge in [-0.15, -0.1) is 0 Å². The molecule has 1 aliphatic heterocycles. The molecule has 27 heavy (non-hydrogen) atoms. The number of aryl methyl sites for hydroxylation is 1. The Morgan fingerprint density at radius 2 is 1.78 bits per heavy atom. The van der Waals surface area contributed by atoms with Crippen LogP contribution < -0.4 is 0 Å². The first-order valence-corrected chi connectivity index (χ1v) is 10.3. The van der Waals surface area contributed by atoms with E-state index in [9.17, 15) is 0 Å². The van der Waals surface area contributed by atoms with Gasteiger partial charge < -0.3 is 0 Å². The Labute approximate surface area is 162 Å². The topological polar surface area (TPSA) is 35.1 Å². The summed E-state index contributed by atoms with van der Waals surface area (Å²) in [4.78, 5) is 0. The molecule has 0 radical (unpaired) electrons. The Morgan fingerprint density at radius 1 is 0.926 bits per heavy atom. The van der Waals surface area contributed by atoms with Gasteiger partial charge in [0.2, 0.25) is 0 Å². The molecule has 0 spiro atoms. The maximum absolute atomic E-state index is 4.61. The highest BCUT2D eigenvalue weighted by atomic mass is 32.2. The summed E-state index contributed by atoms with van der Waals surface area (Å²) < 4.78 is 3.83. The Hall–Kier alpha value is -2.79. The Bertz CT molecular complexity index is 1130. The molecule has 4 aromatic rings. The second-order valence-electron chi connectivity index (χ2n) is 6.81. The first kappa shape index (κ1) is 16.4. The second-order valence-corrected chi connectivity index (χ2v) is 7.96. The van der Waals surface area contributed by atoms with E-state index in [-0.39, 0.29) is 0 Å². The van der Waals surface area contributed by atoms with Crippen LogP contribution in [-0.2, 0) is 7.05 Å². The number of thioether (sulfide) groups is 1. The van der Waals surface area contributed by atoms with E-state index in [1.807, 2.05) is 52.8 Å². The molecular weight excluding hydrogens is 352 g/mol. The smallest absolute Gasteiger partial charge is 0.0815 e. The lowest BCUT2D eigenvalue weighted by molar-refractivity contribution is 0.768. The van der Waals surface area contributed by atoms with Crippen molar-refractivity contribution in [3.05, 3.63) is 72.8 Å². The minimum atomic E-state index is 1.10. The van der Waals surface area contributed by atoms with Crippen LogP contribution in [0, 0.1) is 0 Å². The molecule has 0 aliphatic carbocycles. The predicted octanol–water partition coefficient (Wildman–Crippen LogP) is 4.92. The molecule has 1 aromatic carbocycles. The second kappa shape index (κ2) is 6.74. The van der Waals surface area contributed by atoms with E-state index in [0.29, 0.717) is 0 Å². The van der Waals surface area contributed by atoms with Crippen LogP contribution in [0.1, 0.15) is 12.0 Å². The summed E-state index contributed by atoms with van der Waals surface area (Å²) in [6.45, 7) is 0. The number of allylic oxidation sites excluding steroid dienone is 1. The molecule has 0 atom stereocenters. The summed E-state index contributed by atoms with van der Waals surface area (Å²) >= 11 is 2.00. The lowest BCUT2D eigenvalue weighted by atomic mass is 9.97. The average Bonchev–Trinajstić information content (AvgIpc) is 3.35. The standard InChI is InChI=1S/C22H20N4S/c1-25-15-19(13-23-25)16-4-6-17(7-5-16)21-14-24-26-10-2-3-20(22(21)26)18-8-11-27-12-9-18/h2-8,10,13-15H,9,11-12H2,1H3. The van der Waals surface area contributed by atoms with Crippen LogP contribution in [0.2, 0.25) is 0 Å². The van der Waals surface area contributed by atoms with Gasteiger partial charge in [0.15, 0.2) is 0 Å². The lowest BCUT2D eigenvalue weighted by Gasteiger charge is -2.14. The van der Waals surface area contributed by atoms with Crippen molar-refractivity contribution in [1.29, 1.82) is 0 Å². The van der Waals surface area contributed by atoms with Gasteiger partial charge in [0.05, 0.1) is 17.9 Å². The van der Waals surface area contributed by atoms with Gasteiger partial charge in [0, 0.05) is 41.9 Å². The average molecular weight is 372 g/mol. The van der Waals surface area contributed by atoms with Crippen LogP contribution in [-0.4, -0.2) is 30.9 Å². The van der Waals surface area contributed by atoms with Crippen molar-refractivity contribution in [2.24, 2.45) is 7.05 Å². The quantitative estimate of drug-likeness (QED) is 0.512. The molecule has 0 bridgehead atoms. The fourth-order valence-electron chi connectivity index (χ4n) is 3.70. The Balaban J connectivity index is 1.60. The van der Waals surface area contributed by atoms with E-state index in [1.54, 1.807) is 0 Å². The van der Waals surface area contributed by atoms with Crippen LogP contribution in [0.3, 0.4) is 0 Å². The van der Waals surface area contributed by atoms with Gasteiger partial charge >= 0.3 is 0 Å². The van der Waals surface area contributed by atoms with E-state index in [0.717, 1.165) is 17.7 Å². The number of nitrogens with zero attached hydrogens (tertiary/aromatic N) is 4. The normalized spacial score (nSPS) is 14.5. The Morgan fingerprint density at radius 3 is 2.52 bits per heavy atom. The first-order chi connectivity index (χ1) is 13.3. The van der Waals surface area contributed by atoms with Crippen LogP contribution in [0.5, 0.6) is 0 Å². The minimum Gasteiger partial charge on any atom is -0.275 e. The molecule has 134 valence electrons. The molecule has 4 nitrogen and oxygen atoms in total. The van der Waals surface area contributed by atoms with Crippen molar-refractivity contribution in [3.8, 4) is 22.3 Å². The lowest BCUT2D eigenvalue weighted by Crippen LogP contribution is -1.98. The highest BCUT2D eigenvalue weighted by Crippen LogP contribution is 2.34. The number of hydrogen-bond donors (Lipinski definition) is 0. The van der Waals surface area contributed by atoms with E-state index < -0.39 is 0 Å². The van der Waals surface area contributed by atoms with Gasteiger partial charge in [-0.05, 0) is 34.9 Å². The molecule has 0 saturated carbocycles. The fraction of sp³-hybridized carbons (Fsp3) is 0.182. The summed E-state index contributed by atoms with van der Waals surface area (Å²) in [6, 6.07) is 13.0. The molecule has 0 amide bonds. The van der Waals surface area contributed by atoms with E-state index in [4.69, 9.17) is 0 Å². The number of hydrogen-bond acceptors (Lipinski definition) is 3. The van der Waals surface area contributed by atoms with Gasteiger partial charge in [0.25, 0.3) is 0 Å². The molecule has 0 unspecified atom stereocenters. The van der Waals surface area contributed by atoms with Crippen LogP contribution in [0.25, 0.3) is 33.3 Å². The zero-order valence-electron chi connectivity index (χ0n) is 15.2. The fourth-order valence-corrected chi connectivity index (χ4v) is 4.55. The van der Waals surface area contributed by atoms with Crippen LogP contribution in [0.4, 0.5) is 0 Å². The molecule has 0 fully saturated rings. The van der Waals surface area contributed by atoms with Crippen molar-refractivity contribution in [2.45, 2.75) is 6.42 Å². The number of aromatic nitrogens is 4. The van der Waals surface area contributed by atoms with Gasteiger partial charge in [-0.1, -0.05) is 36.4 Å². The number of benzene rings is 1. The minimum absolute atomic E-state index is 1.10. The maximum Gasteiger partial charge on any atom is 0.0815 e. The molecule has 4 heterocycles. The van der Waals surface area contributed by atoms with Gasteiger partial charge in [-0.2, -0.15) is 22.0 Å². The van der Waals surface area contributed by atoms with Gasteiger partial charge in [-0.25, -0.2) is 4.52 Å². The molecule has 5 rings (SSSR count). The van der Waals surface area contributed by atoms with E-state index >= 15 is 0 Å². The van der Waals surface area contributed by atoms with Crippen molar-refractivity contribution in [2.75, 3.05) is 11.5 Å². The number of rotatable bonds is 3. The summed E-state index contributed by atoms with van der Waals surface area (Å²) in [7, 11) is 1.94. The van der Waals surface area contributed by atoms with Crippen LogP contribution in [0.15, 0.2) is 67.3 Å². The first-order valence-electron chi connectivity index (χ1n) is 9.12. The van der Waals surface area contributed by atoms with Gasteiger partial charge in [-0.3, -0.25) is 4.68 Å². The number of pyridine rings is 1. The molecule has 5 heteroatoms. The van der Waals surface area contributed by atoms with Crippen molar-refractivity contribution in [1.82, 2.24) is 19.4 Å². The van der Waals surface area contributed by atoms with E-state index in [2.05, 4.69) is 52.7 Å². The summed E-state index contributed by atoms with van der Waals surface area (Å²) in [5, 5.41) is 8.87. The third-order valence-corrected chi connectivity index (χ3v) is 5.98. The highest BCUT2D eigenvalue weighted by Gasteiger charge is 2.15. The maximum atomic E-state index is 4.61. The van der Waals surface area contributed by atoms with Crippen molar-refractivity contribution in [3.63, 3.8) is 0 Å². The van der Waals surface area contributed by atoms with Crippen molar-refractivity contribution >= 4 is 22.9 Å². The van der Waals surface area contributed by atoms with Crippen molar-refractivity contribution < 1.29 is 0 Å². The summed E-state index contributed by atoms with van der Waals surface area (Å²) in [5.74, 6) is 2.29. The molecule has 3 aromatic heterocycles. The molecule has 0 saturated heterocycles.